The maximum atomic E-state index is 9.09. The largest absolute Gasteiger partial charge is 0.393 e. The van der Waals surface area contributed by atoms with Crippen molar-refractivity contribution in [3.63, 3.8) is 0 Å². The van der Waals surface area contributed by atoms with Gasteiger partial charge in [-0.15, -0.1) is 0 Å². The van der Waals surface area contributed by atoms with E-state index in [1.165, 1.54) is 44.9 Å². The first-order valence-corrected chi connectivity index (χ1v) is 7.27. The lowest BCUT2D eigenvalue weighted by molar-refractivity contribution is 0.180. The first-order chi connectivity index (χ1) is 8.27. The summed E-state index contributed by atoms with van der Waals surface area (Å²) in [5.41, 5.74) is 0. The topological polar surface area (TPSA) is 20.2 Å². The molecular weight excluding hydrogens is 208 g/mol. The molecule has 100 valence electrons. The summed E-state index contributed by atoms with van der Waals surface area (Å²) >= 11 is 0. The van der Waals surface area contributed by atoms with E-state index in [2.05, 4.69) is 31.2 Å². The Hall–Kier alpha value is -0.560. The van der Waals surface area contributed by atoms with Crippen LogP contribution in [0.3, 0.4) is 0 Å². The zero-order chi connectivity index (χ0) is 12.8. The van der Waals surface area contributed by atoms with Gasteiger partial charge in [0.1, 0.15) is 0 Å². The van der Waals surface area contributed by atoms with E-state index in [1.54, 1.807) is 0 Å². The minimum Gasteiger partial charge on any atom is -0.393 e. The molecule has 0 aliphatic rings. The van der Waals surface area contributed by atoms with E-state index in [4.69, 9.17) is 5.11 Å². The molecule has 1 unspecified atom stereocenters. The monoisotopic (exact) mass is 238 g/mol. The predicted molar refractivity (Wildman–Crippen MR) is 77.2 cm³/mol. The third-order valence-corrected chi connectivity index (χ3v) is 2.85. The highest BCUT2D eigenvalue weighted by atomic mass is 16.3. The van der Waals surface area contributed by atoms with Crippen molar-refractivity contribution in [2.75, 3.05) is 0 Å². The molecule has 0 bridgehead atoms. The number of aliphatic hydroxyl groups excluding tert-OH is 1. The van der Waals surface area contributed by atoms with Gasteiger partial charge in [-0.3, -0.25) is 0 Å². The van der Waals surface area contributed by atoms with Crippen LogP contribution in [-0.2, 0) is 0 Å². The molecule has 0 aromatic carbocycles. The number of aliphatic hydroxyl groups is 1. The molecule has 0 heterocycles. The van der Waals surface area contributed by atoms with Gasteiger partial charge < -0.3 is 5.11 Å². The van der Waals surface area contributed by atoms with Gasteiger partial charge in [-0.05, 0) is 32.6 Å². The molecule has 1 nitrogen and oxygen atoms in total. The molecule has 1 N–H and O–H groups in total. The van der Waals surface area contributed by atoms with Gasteiger partial charge in [-0.2, -0.15) is 0 Å². The molecule has 0 aliphatic heterocycles. The standard InChI is InChI=1S/C16H30O/c1-3-4-5-6-7-8-9-10-11-12-13-14-15-16(2)17/h6-9,16-17H,3-5,10-15H2,1-2H3/b7-6+,9-8+. The molecule has 0 spiro atoms. The van der Waals surface area contributed by atoms with Gasteiger partial charge in [0.2, 0.25) is 0 Å². The summed E-state index contributed by atoms with van der Waals surface area (Å²) < 4.78 is 0. The summed E-state index contributed by atoms with van der Waals surface area (Å²) in [7, 11) is 0. The fraction of sp³-hybridized carbons (Fsp3) is 0.750. The molecule has 0 rings (SSSR count). The van der Waals surface area contributed by atoms with E-state index >= 15 is 0 Å². The van der Waals surface area contributed by atoms with Crippen LogP contribution in [0.1, 0.15) is 71.6 Å². The van der Waals surface area contributed by atoms with Crippen molar-refractivity contribution < 1.29 is 5.11 Å². The second kappa shape index (κ2) is 13.5. The summed E-state index contributed by atoms with van der Waals surface area (Å²) in [5, 5.41) is 9.09. The van der Waals surface area contributed by atoms with E-state index in [9.17, 15) is 0 Å². The molecule has 1 heteroatoms. The van der Waals surface area contributed by atoms with Crippen LogP contribution in [0.5, 0.6) is 0 Å². The maximum absolute atomic E-state index is 9.09. The zero-order valence-electron chi connectivity index (χ0n) is 11.7. The second-order valence-electron chi connectivity index (χ2n) is 4.84. The highest BCUT2D eigenvalue weighted by Gasteiger charge is 1.94. The van der Waals surface area contributed by atoms with Gasteiger partial charge >= 0.3 is 0 Å². The molecular formula is C16H30O. The molecule has 0 saturated heterocycles. The van der Waals surface area contributed by atoms with Crippen molar-refractivity contribution in [3.05, 3.63) is 24.3 Å². The Morgan fingerprint density at radius 3 is 2.06 bits per heavy atom. The SMILES string of the molecule is CCCC/C=C/C=C/CCCCCCC(C)O. The quantitative estimate of drug-likeness (QED) is 0.396. The molecule has 0 aromatic heterocycles. The van der Waals surface area contributed by atoms with E-state index < -0.39 is 0 Å². The van der Waals surface area contributed by atoms with Crippen LogP contribution in [0, 0.1) is 0 Å². The van der Waals surface area contributed by atoms with Crippen molar-refractivity contribution in [2.24, 2.45) is 0 Å². The Kier molecular flexibility index (Phi) is 13.1. The van der Waals surface area contributed by atoms with E-state index in [0.29, 0.717) is 0 Å². The zero-order valence-corrected chi connectivity index (χ0v) is 11.7. The smallest absolute Gasteiger partial charge is 0.0512 e. The Bertz CT molecular complexity index is 192. The first-order valence-electron chi connectivity index (χ1n) is 7.27. The van der Waals surface area contributed by atoms with Gasteiger partial charge in [0.05, 0.1) is 6.10 Å². The average molecular weight is 238 g/mol. The van der Waals surface area contributed by atoms with Gasteiger partial charge in [0, 0.05) is 0 Å². The average Bonchev–Trinajstić information content (AvgIpc) is 2.30. The maximum Gasteiger partial charge on any atom is 0.0512 e. The summed E-state index contributed by atoms with van der Waals surface area (Å²) in [4.78, 5) is 0. The number of allylic oxidation sites excluding steroid dienone is 4. The number of unbranched alkanes of at least 4 members (excludes halogenated alkanes) is 6. The first kappa shape index (κ1) is 16.4. The van der Waals surface area contributed by atoms with Gasteiger partial charge in [-0.25, -0.2) is 0 Å². The van der Waals surface area contributed by atoms with Crippen molar-refractivity contribution >= 4 is 0 Å². The lowest BCUT2D eigenvalue weighted by atomic mass is 10.1. The summed E-state index contributed by atoms with van der Waals surface area (Å²) in [6.45, 7) is 4.09. The van der Waals surface area contributed by atoms with Crippen molar-refractivity contribution in [3.8, 4) is 0 Å². The molecule has 0 aliphatic carbocycles. The van der Waals surface area contributed by atoms with Gasteiger partial charge in [0.25, 0.3) is 0 Å². The Morgan fingerprint density at radius 2 is 1.47 bits per heavy atom. The second-order valence-corrected chi connectivity index (χ2v) is 4.84. The number of hydrogen-bond donors (Lipinski definition) is 1. The van der Waals surface area contributed by atoms with Crippen LogP contribution in [0.2, 0.25) is 0 Å². The Balaban J connectivity index is 3.16. The van der Waals surface area contributed by atoms with Crippen molar-refractivity contribution in [1.29, 1.82) is 0 Å². The van der Waals surface area contributed by atoms with E-state index in [-0.39, 0.29) is 6.10 Å². The van der Waals surface area contributed by atoms with Gasteiger partial charge in [-0.1, -0.05) is 63.3 Å². The lowest BCUT2D eigenvalue weighted by Crippen LogP contribution is -1.97. The third kappa shape index (κ3) is 15.4. The molecule has 0 radical (unpaired) electrons. The molecule has 1 atom stereocenters. The summed E-state index contributed by atoms with van der Waals surface area (Å²) in [5.74, 6) is 0. The van der Waals surface area contributed by atoms with Crippen LogP contribution >= 0.6 is 0 Å². The number of rotatable bonds is 11. The minimum atomic E-state index is -0.122. The summed E-state index contributed by atoms with van der Waals surface area (Å²) in [6.07, 6.45) is 19.6. The summed E-state index contributed by atoms with van der Waals surface area (Å²) in [6, 6.07) is 0. The van der Waals surface area contributed by atoms with Crippen molar-refractivity contribution in [1.82, 2.24) is 0 Å². The van der Waals surface area contributed by atoms with Crippen molar-refractivity contribution in [2.45, 2.75) is 77.7 Å². The van der Waals surface area contributed by atoms with Crippen LogP contribution in [-0.4, -0.2) is 11.2 Å². The minimum absolute atomic E-state index is 0.122. The molecule has 0 amide bonds. The normalized spacial score (nSPS) is 13.8. The molecule has 0 saturated carbocycles. The Morgan fingerprint density at radius 1 is 0.882 bits per heavy atom. The fourth-order valence-corrected chi connectivity index (χ4v) is 1.73. The third-order valence-electron chi connectivity index (χ3n) is 2.85. The van der Waals surface area contributed by atoms with Crippen LogP contribution in [0.25, 0.3) is 0 Å². The molecule has 0 aromatic rings. The predicted octanol–water partition coefficient (Wildman–Crippen LogP) is 5.01. The lowest BCUT2D eigenvalue weighted by Gasteiger charge is -2.02. The fourth-order valence-electron chi connectivity index (χ4n) is 1.73. The highest BCUT2D eigenvalue weighted by Crippen LogP contribution is 2.07. The Labute approximate surface area is 108 Å². The van der Waals surface area contributed by atoms with Gasteiger partial charge in [0.15, 0.2) is 0 Å². The van der Waals surface area contributed by atoms with E-state index in [0.717, 1.165) is 12.8 Å². The van der Waals surface area contributed by atoms with Crippen LogP contribution in [0.4, 0.5) is 0 Å². The highest BCUT2D eigenvalue weighted by molar-refractivity contribution is 5.02. The molecule has 17 heavy (non-hydrogen) atoms. The van der Waals surface area contributed by atoms with Crippen LogP contribution < -0.4 is 0 Å². The number of hydrogen-bond acceptors (Lipinski definition) is 1. The van der Waals surface area contributed by atoms with Crippen LogP contribution in [0.15, 0.2) is 24.3 Å². The van der Waals surface area contributed by atoms with E-state index in [1.807, 2.05) is 6.92 Å². The molecule has 0 fully saturated rings.